The number of imide groups is 1. The minimum atomic E-state index is -0.836. The summed E-state index contributed by atoms with van der Waals surface area (Å²) in [5, 5.41) is 10.6. The zero-order chi connectivity index (χ0) is 10.6. The molecule has 0 aromatic rings. The lowest BCUT2D eigenvalue weighted by Crippen LogP contribution is -2.28. The van der Waals surface area contributed by atoms with Crippen LogP contribution in [0.5, 0.6) is 0 Å². The largest absolute Gasteiger partial charge is 0.368 e. The van der Waals surface area contributed by atoms with Gasteiger partial charge in [0.05, 0.1) is 6.42 Å². The average molecular weight is 200 g/mol. The molecule has 14 heavy (non-hydrogen) atoms. The van der Waals surface area contributed by atoms with Gasteiger partial charge in [0.2, 0.25) is 0 Å². The monoisotopic (exact) mass is 200 g/mol. The first kappa shape index (κ1) is 11.1. The molecule has 5 nitrogen and oxygen atoms in total. The van der Waals surface area contributed by atoms with Crippen LogP contribution >= 0.6 is 0 Å². The number of carbonyl (C=O) groups is 2. The smallest absolute Gasteiger partial charge is 0.285 e. The van der Waals surface area contributed by atoms with E-state index in [2.05, 4.69) is 6.92 Å². The van der Waals surface area contributed by atoms with Crippen molar-refractivity contribution < 1.29 is 19.5 Å². The van der Waals surface area contributed by atoms with Gasteiger partial charge in [-0.1, -0.05) is 25.0 Å². The highest BCUT2D eigenvalue weighted by Crippen LogP contribution is 2.14. The van der Waals surface area contributed by atoms with Crippen LogP contribution in [0.2, 0.25) is 0 Å². The summed E-state index contributed by atoms with van der Waals surface area (Å²) in [5.41, 5.74) is 0. The lowest BCUT2D eigenvalue weighted by atomic mass is 10.2. The Labute approximate surface area is 82.6 Å². The van der Waals surface area contributed by atoms with E-state index in [1.807, 2.05) is 0 Å². The van der Waals surface area contributed by atoms with Gasteiger partial charge in [-0.3, -0.25) is 9.59 Å². The molecule has 0 saturated carbocycles. The highest BCUT2D eigenvalue weighted by atomic mass is 16.5. The standard InChI is InChI=1S/C9H14NO4/c1-2-3-4-5-14-7-6-8(11)10(13)9(7)12/h7H,2-6H2,1H3. The fraction of sp³-hybridized carbons (Fsp3) is 0.778. The van der Waals surface area contributed by atoms with E-state index in [0.717, 1.165) is 19.3 Å². The second-order valence-electron chi connectivity index (χ2n) is 3.30. The Balaban J connectivity index is 2.26. The molecule has 1 radical (unpaired) electrons. The van der Waals surface area contributed by atoms with Crippen molar-refractivity contribution in [2.45, 2.75) is 38.7 Å². The highest BCUT2D eigenvalue weighted by Gasteiger charge is 2.39. The molecule has 1 unspecified atom stereocenters. The van der Waals surface area contributed by atoms with Gasteiger partial charge in [0.1, 0.15) is 6.10 Å². The molecule has 0 spiro atoms. The van der Waals surface area contributed by atoms with Crippen molar-refractivity contribution in [3.8, 4) is 0 Å². The third-order valence-corrected chi connectivity index (χ3v) is 2.13. The summed E-state index contributed by atoms with van der Waals surface area (Å²) in [5.74, 6) is -1.46. The molecule has 0 N–H and O–H groups in total. The first-order valence-corrected chi connectivity index (χ1v) is 4.82. The summed E-state index contributed by atoms with van der Waals surface area (Å²) >= 11 is 0. The molecule has 2 amide bonds. The summed E-state index contributed by atoms with van der Waals surface area (Å²) in [4.78, 5) is 21.8. The molecule has 5 heteroatoms. The molecule has 1 atom stereocenters. The van der Waals surface area contributed by atoms with Gasteiger partial charge >= 0.3 is 0 Å². The molecule has 1 aliphatic rings. The van der Waals surface area contributed by atoms with Crippen molar-refractivity contribution in [2.75, 3.05) is 6.61 Å². The van der Waals surface area contributed by atoms with Gasteiger partial charge in [0.15, 0.2) is 0 Å². The number of amides is 2. The summed E-state index contributed by atoms with van der Waals surface area (Å²) in [7, 11) is 0. The summed E-state index contributed by atoms with van der Waals surface area (Å²) in [6, 6.07) is 0. The molecular weight excluding hydrogens is 186 g/mol. The van der Waals surface area contributed by atoms with Crippen LogP contribution in [0.4, 0.5) is 0 Å². The topological polar surface area (TPSA) is 66.5 Å². The number of rotatable bonds is 5. The SMILES string of the molecule is CCCCCOC1CC(=O)N([O])C1=O. The molecule has 1 rings (SSSR count). The van der Waals surface area contributed by atoms with E-state index in [4.69, 9.17) is 4.74 Å². The minimum absolute atomic E-state index is 0.103. The molecule has 0 bridgehead atoms. The van der Waals surface area contributed by atoms with E-state index in [1.54, 1.807) is 0 Å². The number of ether oxygens (including phenoxy) is 1. The number of unbranched alkanes of at least 4 members (excludes halogenated alkanes) is 2. The average Bonchev–Trinajstić information content (AvgIpc) is 2.41. The van der Waals surface area contributed by atoms with Crippen LogP contribution in [-0.2, 0) is 19.5 Å². The predicted octanol–water partition coefficient (Wildman–Crippen LogP) is 0.666. The number of hydrogen-bond acceptors (Lipinski definition) is 3. The van der Waals surface area contributed by atoms with Crippen LogP contribution < -0.4 is 0 Å². The van der Waals surface area contributed by atoms with Crippen LogP contribution in [0.15, 0.2) is 0 Å². The molecule has 0 aromatic heterocycles. The van der Waals surface area contributed by atoms with Crippen molar-refractivity contribution >= 4 is 11.8 Å². The second-order valence-corrected chi connectivity index (χ2v) is 3.30. The lowest BCUT2D eigenvalue weighted by molar-refractivity contribution is -0.190. The normalized spacial score (nSPS) is 22.1. The predicted molar refractivity (Wildman–Crippen MR) is 46.4 cm³/mol. The van der Waals surface area contributed by atoms with Crippen LogP contribution in [-0.4, -0.2) is 29.6 Å². The number of nitrogens with zero attached hydrogens (tertiary/aromatic N) is 1. The zero-order valence-electron chi connectivity index (χ0n) is 8.19. The van der Waals surface area contributed by atoms with Crippen molar-refractivity contribution in [2.24, 2.45) is 0 Å². The van der Waals surface area contributed by atoms with Crippen molar-refractivity contribution in [1.29, 1.82) is 0 Å². The van der Waals surface area contributed by atoms with Gasteiger partial charge in [0, 0.05) is 6.61 Å². The van der Waals surface area contributed by atoms with Gasteiger partial charge in [-0.05, 0) is 6.42 Å². The van der Waals surface area contributed by atoms with Crippen molar-refractivity contribution in [1.82, 2.24) is 5.06 Å². The summed E-state index contributed by atoms with van der Waals surface area (Å²) < 4.78 is 5.15. The second kappa shape index (κ2) is 5.07. The molecule has 1 saturated heterocycles. The molecule has 1 aliphatic heterocycles. The Bertz CT molecular complexity index is 229. The van der Waals surface area contributed by atoms with E-state index < -0.39 is 17.9 Å². The maximum Gasteiger partial charge on any atom is 0.285 e. The van der Waals surface area contributed by atoms with Crippen LogP contribution in [0.3, 0.4) is 0 Å². The van der Waals surface area contributed by atoms with E-state index in [9.17, 15) is 14.8 Å². The fourth-order valence-corrected chi connectivity index (χ4v) is 1.29. The quantitative estimate of drug-likeness (QED) is 0.483. The fourth-order valence-electron chi connectivity index (χ4n) is 1.29. The van der Waals surface area contributed by atoms with Crippen LogP contribution in [0.1, 0.15) is 32.6 Å². The first-order valence-electron chi connectivity index (χ1n) is 4.82. The maximum absolute atomic E-state index is 11.0. The highest BCUT2D eigenvalue weighted by molar-refractivity contribution is 6.03. The van der Waals surface area contributed by atoms with Gasteiger partial charge in [0.25, 0.3) is 11.8 Å². The zero-order valence-corrected chi connectivity index (χ0v) is 8.19. The first-order chi connectivity index (χ1) is 6.66. The molecule has 1 heterocycles. The molecule has 79 valence electrons. The van der Waals surface area contributed by atoms with E-state index in [-0.39, 0.29) is 11.5 Å². The maximum atomic E-state index is 11.0. The Morgan fingerprint density at radius 3 is 2.64 bits per heavy atom. The van der Waals surface area contributed by atoms with Crippen LogP contribution in [0.25, 0.3) is 0 Å². The van der Waals surface area contributed by atoms with E-state index in [1.165, 1.54) is 0 Å². The lowest BCUT2D eigenvalue weighted by Gasteiger charge is -2.07. The molecule has 0 aliphatic carbocycles. The number of carbonyl (C=O) groups excluding carboxylic acids is 2. The Kier molecular flexibility index (Phi) is 4.03. The van der Waals surface area contributed by atoms with Gasteiger partial charge in [-0.25, -0.2) is 0 Å². The van der Waals surface area contributed by atoms with E-state index in [0.29, 0.717) is 6.61 Å². The minimum Gasteiger partial charge on any atom is -0.368 e. The van der Waals surface area contributed by atoms with Crippen LogP contribution in [0, 0.1) is 0 Å². The van der Waals surface area contributed by atoms with Gasteiger partial charge < -0.3 is 4.74 Å². The summed E-state index contributed by atoms with van der Waals surface area (Å²) in [6.45, 7) is 2.50. The third-order valence-electron chi connectivity index (χ3n) is 2.13. The van der Waals surface area contributed by atoms with Gasteiger partial charge in [-0.2, -0.15) is 0 Å². The Morgan fingerprint density at radius 2 is 2.14 bits per heavy atom. The third kappa shape index (κ3) is 2.52. The van der Waals surface area contributed by atoms with E-state index >= 15 is 0 Å². The molecule has 1 fully saturated rings. The van der Waals surface area contributed by atoms with Gasteiger partial charge in [-0.15, -0.1) is 5.06 Å². The number of hydrogen-bond donors (Lipinski definition) is 0. The molecular formula is C9H14NO4. The Morgan fingerprint density at radius 1 is 1.43 bits per heavy atom. The molecule has 0 aromatic carbocycles. The Hall–Kier alpha value is -0.940. The number of hydroxylamine groups is 2. The van der Waals surface area contributed by atoms with Crippen molar-refractivity contribution in [3.63, 3.8) is 0 Å². The van der Waals surface area contributed by atoms with Crippen molar-refractivity contribution in [3.05, 3.63) is 0 Å². The summed E-state index contributed by atoms with van der Waals surface area (Å²) in [6.07, 6.45) is 2.00.